The van der Waals surface area contributed by atoms with Gasteiger partial charge in [0.15, 0.2) is 0 Å². The maximum atomic E-state index is 12.0. The lowest BCUT2D eigenvalue weighted by Gasteiger charge is -2.37. The SMILES string of the molecule is CC(c1ccccc1)N(Cc1ccccc1)C(CC(=O)O)c1cccc(-n2cccn2)c1. The molecule has 0 aliphatic heterocycles. The first-order valence-electron chi connectivity index (χ1n) is 10.8. The number of aromatic nitrogens is 2. The molecule has 5 nitrogen and oxygen atoms in total. The van der Waals surface area contributed by atoms with Crippen molar-refractivity contribution in [1.82, 2.24) is 14.7 Å². The van der Waals surface area contributed by atoms with E-state index in [1.165, 1.54) is 0 Å². The predicted octanol–water partition coefficient (Wildman–Crippen LogP) is 5.65. The topological polar surface area (TPSA) is 58.4 Å². The van der Waals surface area contributed by atoms with Gasteiger partial charge < -0.3 is 5.11 Å². The molecule has 1 aromatic heterocycles. The van der Waals surface area contributed by atoms with Crippen LogP contribution in [0.5, 0.6) is 0 Å². The first kappa shape index (κ1) is 21.5. The fourth-order valence-corrected chi connectivity index (χ4v) is 4.12. The second kappa shape index (κ2) is 10.1. The van der Waals surface area contributed by atoms with Crippen LogP contribution in [0.3, 0.4) is 0 Å². The lowest BCUT2D eigenvalue weighted by atomic mass is 9.96. The van der Waals surface area contributed by atoms with Crippen LogP contribution >= 0.6 is 0 Å². The van der Waals surface area contributed by atoms with Crippen molar-refractivity contribution >= 4 is 5.97 Å². The number of benzene rings is 3. The van der Waals surface area contributed by atoms with E-state index >= 15 is 0 Å². The average Bonchev–Trinajstić information content (AvgIpc) is 3.37. The zero-order chi connectivity index (χ0) is 22.3. The Labute approximate surface area is 188 Å². The number of hydrogen-bond acceptors (Lipinski definition) is 3. The molecule has 4 aromatic rings. The van der Waals surface area contributed by atoms with Crippen LogP contribution in [0.1, 0.15) is 42.1 Å². The van der Waals surface area contributed by atoms with E-state index in [1.807, 2.05) is 72.9 Å². The molecule has 1 heterocycles. The molecular formula is C27H27N3O2. The third kappa shape index (κ3) is 5.13. The monoisotopic (exact) mass is 425 g/mol. The zero-order valence-electron chi connectivity index (χ0n) is 18.1. The Bertz CT molecular complexity index is 1130. The highest BCUT2D eigenvalue weighted by atomic mass is 16.4. The van der Waals surface area contributed by atoms with Crippen LogP contribution in [0.15, 0.2) is 103 Å². The predicted molar refractivity (Wildman–Crippen MR) is 125 cm³/mol. The minimum Gasteiger partial charge on any atom is -0.481 e. The smallest absolute Gasteiger partial charge is 0.305 e. The third-order valence-corrected chi connectivity index (χ3v) is 5.78. The van der Waals surface area contributed by atoms with Crippen molar-refractivity contribution in [2.45, 2.75) is 32.0 Å². The van der Waals surface area contributed by atoms with Crippen LogP contribution in [0.2, 0.25) is 0 Å². The summed E-state index contributed by atoms with van der Waals surface area (Å²) < 4.78 is 1.80. The van der Waals surface area contributed by atoms with Crippen LogP contribution in [0.25, 0.3) is 5.69 Å². The summed E-state index contributed by atoms with van der Waals surface area (Å²) in [4.78, 5) is 14.2. The van der Waals surface area contributed by atoms with Gasteiger partial charge in [0, 0.05) is 31.0 Å². The summed E-state index contributed by atoms with van der Waals surface area (Å²) in [6.45, 7) is 2.78. The van der Waals surface area contributed by atoms with Crippen molar-refractivity contribution in [2.24, 2.45) is 0 Å². The molecule has 0 aliphatic carbocycles. The molecule has 4 rings (SSSR count). The van der Waals surface area contributed by atoms with Crippen molar-refractivity contribution in [3.8, 4) is 5.69 Å². The van der Waals surface area contributed by atoms with Crippen LogP contribution in [0.4, 0.5) is 0 Å². The van der Waals surface area contributed by atoms with Crippen LogP contribution < -0.4 is 0 Å². The van der Waals surface area contributed by atoms with Gasteiger partial charge in [-0.1, -0.05) is 72.8 Å². The van der Waals surface area contributed by atoms with Gasteiger partial charge in [-0.25, -0.2) is 4.68 Å². The summed E-state index contributed by atoms with van der Waals surface area (Å²) in [7, 11) is 0. The molecule has 32 heavy (non-hydrogen) atoms. The maximum absolute atomic E-state index is 12.0. The fourth-order valence-electron chi connectivity index (χ4n) is 4.12. The molecule has 0 amide bonds. The molecule has 2 unspecified atom stereocenters. The second-order valence-corrected chi connectivity index (χ2v) is 7.90. The summed E-state index contributed by atoms with van der Waals surface area (Å²) >= 11 is 0. The van der Waals surface area contributed by atoms with E-state index in [9.17, 15) is 9.90 Å². The fraction of sp³-hybridized carbons (Fsp3) is 0.185. The van der Waals surface area contributed by atoms with Gasteiger partial charge in [0.2, 0.25) is 0 Å². The van der Waals surface area contributed by atoms with Crippen LogP contribution in [0, 0.1) is 0 Å². The van der Waals surface area contributed by atoms with Crippen molar-refractivity contribution in [3.05, 3.63) is 120 Å². The molecule has 0 saturated heterocycles. The number of carboxylic acid groups (broad SMARTS) is 1. The van der Waals surface area contributed by atoms with Gasteiger partial charge in [0.1, 0.15) is 0 Å². The van der Waals surface area contributed by atoms with Crippen molar-refractivity contribution < 1.29 is 9.90 Å². The molecule has 0 bridgehead atoms. The molecule has 0 saturated carbocycles. The Morgan fingerprint density at radius 3 is 2.28 bits per heavy atom. The van der Waals surface area contributed by atoms with Gasteiger partial charge in [0.05, 0.1) is 12.1 Å². The van der Waals surface area contributed by atoms with Gasteiger partial charge in [-0.2, -0.15) is 5.10 Å². The number of aliphatic carboxylic acids is 1. The van der Waals surface area contributed by atoms with Crippen LogP contribution in [-0.4, -0.2) is 25.8 Å². The van der Waals surface area contributed by atoms with E-state index in [1.54, 1.807) is 10.9 Å². The molecule has 1 N–H and O–H groups in total. The Hall–Kier alpha value is -3.70. The third-order valence-electron chi connectivity index (χ3n) is 5.78. The first-order chi connectivity index (χ1) is 15.6. The molecule has 3 aromatic carbocycles. The number of rotatable bonds is 9. The van der Waals surface area contributed by atoms with E-state index < -0.39 is 5.97 Å². The molecule has 2 atom stereocenters. The standard InChI is InChI=1S/C27H27N3O2/c1-21(23-12-6-3-7-13-23)29(20-22-10-4-2-5-11-22)26(19-27(31)32)24-14-8-15-25(18-24)30-17-9-16-28-30/h2-18,21,26H,19-20H2,1H3,(H,31,32). The van der Waals surface area contributed by atoms with E-state index in [4.69, 9.17) is 0 Å². The molecule has 0 aliphatic rings. The number of hydrogen-bond donors (Lipinski definition) is 1. The van der Waals surface area contributed by atoms with E-state index in [2.05, 4.69) is 41.2 Å². The number of carbonyl (C=O) groups is 1. The minimum absolute atomic E-state index is 0.00652. The van der Waals surface area contributed by atoms with Gasteiger partial charge in [-0.15, -0.1) is 0 Å². The average molecular weight is 426 g/mol. The van der Waals surface area contributed by atoms with E-state index in [-0.39, 0.29) is 18.5 Å². The normalized spacial score (nSPS) is 13.1. The van der Waals surface area contributed by atoms with E-state index in [0.29, 0.717) is 6.54 Å². The van der Waals surface area contributed by atoms with Crippen molar-refractivity contribution in [3.63, 3.8) is 0 Å². The van der Waals surface area contributed by atoms with Crippen molar-refractivity contribution in [2.75, 3.05) is 0 Å². The lowest BCUT2D eigenvalue weighted by Crippen LogP contribution is -2.32. The molecule has 0 spiro atoms. The quantitative estimate of drug-likeness (QED) is 0.376. The molecule has 0 fully saturated rings. The highest BCUT2D eigenvalue weighted by Crippen LogP contribution is 2.35. The molecule has 0 radical (unpaired) electrons. The number of nitrogens with zero attached hydrogens (tertiary/aromatic N) is 3. The maximum Gasteiger partial charge on any atom is 0.305 e. The highest BCUT2D eigenvalue weighted by molar-refractivity contribution is 5.68. The lowest BCUT2D eigenvalue weighted by molar-refractivity contribution is -0.138. The first-order valence-corrected chi connectivity index (χ1v) is 10.8. The largest absolute Gasteiger partial charge is 0.481 e. The summed E-state index contributed by atoms with van der Waals surface area (Å²) in [5.41, 5.74) is 4.17. The molecular weight excluding hydrogens is 398 g/mol. The minimum atomic E-state index is -0.821. The van der Waals surface area contributed by atoms with Gasteiger partial charge in [0.25, 0.3) is 0 Å². The Morgan fingerprint density at radius 1 is 0.938 bits per heavy atom. The Kier molecular flexibility index (Phi) is 6.78. The zero-order valence-corrected chi connectivity index (χ0v) is 18.1. The van der Waals surface area contributed by atoms with Gasteiger partial charge >= 0.3 is 5.97 Å². The molecule has 5 heteroatoms. The van der Waals surface area contributed by atoms with E-state index in [0.717, 1.165) is 22.4 Å². The summed E-state index contributed by atoms with van der Waals surface area (Å²) in [6.07, 6.45) is 3.63. The highest BCUT2D eigenvalue weighted by Gasteiger charge is 2.28. The summed E-state index contributed by atoms with van der Waals surface area (Å²) in [6, 6.07) is 30.0. The van der Waals surface area contributed by atoms with Crippen LogP contribution in [-0.2, 0) is 11.3 Å². The van der Waals surface area contributed by atoms with Gasteiger partial charge in [-0.05, 0) is 41.8 Å². The van der Waals surface area contributed by atoms with Crippen molar-refractivity contribution in [1.29, 1.82) is 0 Å². The summed E-state index contributed by atoms with van der Waals surface area (Å²) in [5, 5.41) is 14.2. The molecule has 162 valence electrons. The Balaban J connectivity index is 1.77. The number of carboxylic acids is 1. The second-order valence-electron chi connectivity index (χ2n) is 7.90. The van der Waals surface area contributed by atoms with Gasteiger partial charge in [-0.3, -0.25) is 9.69 Å². The summed E-state index contributed by atoms with van der Waals surface area (Å²) in [5.74, 6) is -0.821. The Morgan fingerprint density at radius 2 is 1.62 bits per heavy atom.